The van der Waals surface area contributed by atoms with Gasteiger partial charge in [-0.15, -0.1) is 0 Å². The number of benzene rings is 2. The van der Waals surface area contributed by atoms with Crippen LogP contribution in [0, 0.1) is 12.7 Å². The van der Waals surface area contributed by atoms with Crippen molar-refractivity contribution in [3.63, 3.8) is 0 Å². The van der Waals surface area contributed by atoms with E-state index in [0.717, 1.165) is 17.9 Å². The average molecular weight is 458 g/mol. The third-order valence-corrected chi connectivity index (χ3v) is 5.73. The first-order valence-electron chi connectivity index (χ1n) is 9.65. The van der Waals surface area contributed by atoms with Gasteiger partial charge in [0, 0.05) is 24.3 Å². The van der Waals surface area contributed by atoms with Crippen molar-refractivity contribution < 1.29 is 26.6 Å². The summed E-state index contributed by atoms with van der Waals surface area (Å²) in [5.74, 6) is 0.999. The SMILES string of the molecule is CCC(Oc1ccc(-c2noc(C)n2)cc1)c1nc(-c2ccc(S(C)(=O)=O)c(F)c2)no1. The molecule has 0 N–H and O–H groups in total. The molecule has 4 aromatic rings. The zero-order valence-corrected chi connectivity index (χ0v) is 18.3. The first kappa shape index (κ1) is 21.6. The van der Waals surface area contributed by atoms with E-state index in [2.05, 4.69) is 20.3 Å². The summed E-state index contributed by atoms with van der Waals surface area (Å²) in [6.45, 7) is 3.61. The molecule has 11 heteroatoms. The summed E-state index contributed by atoms with van der Waals surface area (Å²) < 4.78 is 53.7. The van der Waals surface area contributed by atoms with Gasteiger partial charge in [0.25, 0.3) is 5.89 Å². The van der Waals surface area contributed by atoms with Crippen molar-refractivity contribution in [1.82, 2.24) is 20.3 Å². The smallest absolute Gasteiger partial charge is 0.268 e. The zero-order valence-electron chi connectivity index (χ0n) is 17.4. The fraction of sp³-hybridized carbons (Fsp3) is 0.238. The lowest BCUT2D eigenvalue weighted by atomic mass is 10.2. The van der Waals surface area contributed by atoms with Gasteiger partial charge in [-0.2, -0.15) is 9.97 Å². The maximum Gasteiger partial charge on any atom is 0.268 e. The van der Waals surface area contributed by atoms with E-state index in [1.165, 1.54) is 12.1 Å². The summed E-state index contributed by atoms with van der Waals surface area (Å²) in [6, 6.07) is 10.8. The number of aryl methyl sites for hydroxylation is 1. The maximum atomic E-state index is 14.2. The molecule has 2 aromatic carbocycles. The van der Waals surface area contributed by atoms with E-state index in [4.69, 9.17) is 13.8 Å². The highest BCUT2D eigenvalue weighted by molar-refractivity contribution is 7.90. The van der Waals surface area contributed by atoms with Gasteiger partial charge < -0.3 is 13.8 Å². The fourth-order valence-electron chi connectivity index (χ4n) is 3.00. The molecule has 0 aliphatic rings. The van der Waals surface area contributed by atoms with E-state index < -0.39 is 21.8 Å². The van der Waals surface area contributed by atoms with Gasteiger partial charge in [0.1, 0.15) is 16.5 Å². The van der Waals surface area contributed by atoms with Gasteiger partial charge in [0.2, 0.25) is 17.5 Å². The molecule has 1 unspecified atom stereocenters. The molecular weight excluding hydrogens is 439 g/mol. The van der Waals surface area contributed by atoms with E-state index in [0.29, 0.717) is 29.4 Å². The molecule has 0 aliphatic heterocycles. The van der Waals surface area contributed by atoms with Gasteiger partial charge in [-0.3, -0.25) is 0 Å². The number of rotatable bonds is 7. The predicted octanol–water partition coefficient (Wildman–Crippen LogP) is 4.17. The van der Waals surface area contributed by atoms with Gasteiger partial charge in [-0.25, -0.2) is 12.8 Å². The molecule has 0 radical (unpaired) electrons. The van der Waals surface area contributed by atoms with Crippen LogP contribution in [0.2, 0.25) is 0 Å². The monoisotopic (exact) mass is 458 g/mol. The highest BCUT2D eigenvalue weighted by Crippen LogP contribution is 2.28. The lowest BCUT2D eigenvalue weighted by Crippen LogP contribution is -2.07. The minimum atomic E-state index is -3.67. The normalized spacial score (nSPS) is 12.6. The molecule has 32 heavy (non-hydrogen) atoms. The Bertz CT molecular complexity index is 1350. The summed E-state index contributed by atoms with van der Waals surface area (Å²) in [7, 11) is -3.67. The van der Waals surface area contributed by atoms with Gasteiger partial charge in [-0.05, 0) is 48.9 Å². The first-order valence-corrected chi connectivity index (χ1v) is 11.5. The van der Waals surface area contributed by atoms with Crippen LogP contribution in [0.25, 0.3) is 22.8 Å². The Morgan fingerprint density at radius 3 is 2.25 bits per heavy atom. The lowest BCUT2D eigenvalue weighted by Gasteiger charge is -2.13. The number of halogens is 1. The summed E-state index contributed by atoms with van der Waals surface area (Å²) in [6.07, 6.45) is 0.945. The van der Waals surface area contributed by atoms with Gasteiger partial charge in [0.15, 0.2) is 15.9 Å². The number of ether oxygens (including phenoxy) is 1. The van der Waals surface area contributed by atoms with Crippen LogP contribution in [0.1, 0.15) is 31.2 Å². The van der Waals surface area contributed by atoms with E-state index in [-0.39, 0.29) is 16.6 Å². The van der Waals surface area contributed by atoms with E-state index in [1.54, 1.807) is 31.2 Å². The van der Waals surface area contributed by atoms with Gasteiger partial charge in [0.05, 0.1) is 0 Å². The van der Waals surface area contributed by atoms with Crippen LogP contribution in [0.4, 0.5) is 4.39 Å². The largest absolute Gasteiger partial charge is 0.481 e. The van der Waals surface area contributed by atoms with Crippen molar-refractivity contribution in [2.45, 2.75) is 31.3 Å². The molecule has 1 atom stereocenters. The molecule has 0 bridgehead atoms. The Kier molecular flexibility index (Phi) is 5.74. The lowest BCUT2D eigenvalue weighted by molar-refractivity contribution is 0.154. The van der Waals surface area contributed by atoms with Crippen molar-refractivity contribution >= 4 is 9.84 Å². The van der Waals surface area contributed by atoms with E-state index in [9.17, 15) is 12.8 Å². The molecule has 2 heterocycles. The van der Waals surface area contributed by atoms with E-state index in [1.807, 2.05) is 6.92 Å². The van der Waals surface area contributed by atoms with Crippen molar-refractivity contribution in [3.05, 3.63) is 60.1 Å². The fourth-order valence-corrected chi connectivity index (χ4v) is 3.72. The van der Waals surface area contributed by atoms with Crippen LogP contribution in [-0.4, -0.2) is 35.0 Å². The minimum Gasteiger partial charge on any atom is -0.481 e. The number of aromatic nitrogens is 4. The van der Waals surface area contributed by atoms with Crippen LogP contribution in [0.15, 0.2) is 56.4 Å². The third kappa shape index (κ3) is 4.52. The van der Waals surface area contributed by atoms with Crippen molar-refractivity contribution in [2.75, 3.05) is 6.26 Å². The first-order chi connectivity index (χ1) is 15.2. The van der Waals surface area contributed by atoms with Crippen molar-refractivity contribution in [1.29, 1.82) is 0 Å². The second-order valence-electron chi connectivity index (χ2n) is 7.05. The highest BCUT2D eigenvalue weighted by Gasteiger charge is 2.21. The molecule has 166 valence electrons. The maximum absolute atomic E-state index is 14.2. The molecule has 0 fully saturated rings. The quantitative estimate of drug-likeness (QED) is 0.402. The Morgan fingerprint density at radius 2 is 1.66 bits per heavy atom. The number of hydrogen-bond donors (Lipinski definition) is 0. The van der Waals surface area contributed by atoms with Crippen molar-refractivity contribution in [3.8, 4) is 28.5 Å². The predicted molar refractivity (Wildman–Crippen MR) is 111 cm³/mol. The van der Waals surface area contributed by atoms with Crippen LogP contribution in [-0.2, 0) is 9.84 Å². The summed E-state index contributed by atoms with van der Waals surface area (Å²) in [5, 5.41) is 7.75. The molecule has 0 saturated carbocycles. The number of sulfone groups is 1. The highest BCUT2D eigenvalue weighted by atomic mass is 32.2. The molecule has 9 nitrogen and oxygen atoms in total. The average Bonchev–Trinajstić information content (AvgIpc) is 3.41. The summed E-state index contributed by atoms with van der Waals surface area (Å²) in [5.41, 5.74) is 1.07. The Hall–Kier alpha value is -3.60. The molecule has 2 aromatic heterocycles. The van der Waals surface area contributed by atoms with E-state index >= 15 is 0 Å². The summed E-state index contributed by atoms with van der Waals surface area (Å²) >= 11 is 0. The Morgan fingerprint density at radius 1 is 1.00 bits per heavy atom. The van der Waals surface area contributed by atoms with Gasteiger partial charge in [-0.1, -0.05) is 17.2 Å². The second-order valence-corrected chi connectivity index (χ2v) is 9.03. The Labute approximate surface area is 183 Å². The van der Waals surface area contributed by atoms with Crippen molar-refractivity contribution in [2.24, 2.45) is 0 Å². The molecular formula is C21H19FN4O5S. The Balaban J connectivity index is 1.52. The molecule has 4 rings (SSSR count). The molecule has 0 aliphatic carbocycles. The zero-order chi connectivity index (χ0) is 22.9. The third-order valence-electron chi connectivity index (χ3n) is 4.60. The van der Waals surface area contributed by atoms with Crippen LogP contribution in [0.3, 0.4) is 0 Å². The standard InChI is InChI=1S/C21H19FN4O5S/c1-4-17(29-15-8-5-13(6-9-15)19-23-12(2)30-25-19)21-24-20(26-31-21)14-7-10-18(16(22)11-14)32(3,27)28/h5-11,17H,4H2,1-3H3. The number of nitrogens with zero attached hydrogens (tertiary/aromatic N) is 4. The van der Waals surface area contributed by atoms with Gasteiger partial charge >= 0.3 is 0 Å². The molecule has 0 amide bonds. The van der Waals surface area contributed by atoms with Crippen LogP contribution >= 0.6 is 0 Å². The summed E-state index contributed by atoms with van der Waals surface area (Å²) in [4.78, 5) is 8.09. The van der Waals surface area contributed by atoms with Crippen LogP contribution in [0.5, 0.6) is 5.75 Å². The topological polar surface area (TPSA) is 121 Å². The minimum absolute atomic E-state index is 0.129. The number of hydrogen-bond acceptors (Lipinski definition) is 9. The molecule has 0 saturated heterocycles. The molecule has 0 spiro atoms. The van der Waals surface area contributed by atoms with Crippen LogP contribution < -0.4 is 4.74 Å². The second kappa shape index (κ2) is 8.50.